The van der Waals surface area contributed by atoms with Crippen molar-refractivity contribution in [3.63, 3.8) is 0 Å². The zero-order valence-corrected chi connectivity index (χ0v) is 8.55. The van der Waals surface area contributed by atoms with Crippen molar-refractivity contribution < 1.29 is 9.47 Å². The fourth-order valence-corrected chi connectivity index (χ4v) is 2.43. The van der Waals surface area contributed by atoms with E-state index in [2.05, 4.69) is 6.92 Å². The van der Waals surface area contributed by atoms with E-state index in [9.17, 15) is 0 Å². The van der Waals surface area contributed by atoms with Crippen LogP contribution < -0.4 is 0 Å². The van der Waals surface area contributed by atoms with E-state index in [0.29, 0.717) is 6.10 Å². The number of ether oxygens (including phenoxy) is 2. The molecule has 1 spiro atoms. The van der Waals surface area contributed by atoms with Crippen LogP contribution in [0.3, 0.4) is 0 Å². The molecule has 2 heteroatoms. The first-order chi connectivity index (χ1) is 6.35. The molecule has 76 valence electrons. The van der Waals surface area contributed by atoms with Crippen molar-refractivity contribution in [2.45, 2.75) is 63.8 Å². The molecule has 0 radical (unpaired) electrons. The topological polar surface area (TPSA) is 18.5 Å². The molecule has 1 heterocycles. The largest absolute Gasteiger partial charge is 0.347 e. The third-order valence-corrected chi connectivity index (χ3v) is 3.14. The summed E-state index contributed by atoms with van der Waals surface area (Å²) in [5.74, 6) is -0.155. The molecule has 1 aliphatic heterocycles. The molecule has 0 aromatic heterocycles. The van der Waals surface area contributed by atoms with Gasteiger partial charge < -0.3 is 9.47 Å². The molecule has 0 bridgehead atoms. The van der Waals surface area contributed by atoms with Gasteiger partial charge in [-0.25, -0.2) is 0 Å². The van der Waals surface area contributed by atoms with Gasteiger partial charge in [0.25, 0.3) is 0 Å². The van der Waals surface area contributed by atoms with Gasteiger partial charge in [0.15, 0.2) is 5.79 Å². The van der Waals surface area contributed by atoms with Crippen LogP contribution in [0.5, 0.6) is 0 Å². The Morgan fingerprint density at radius 2 is 2.00 bits per heavy atom. The van der Waals surface area contributed by atoms with Crippen LogP contribution in [0.15, 0.2) is 0 Å². The first kappa shape index (κ1) is 9.47. The van der Waals surface area contributed by atoms with Crippen molar-refractivity contribution in [2.24, 2.45) is 0 Å². The number of hydrogen-bond donors (Lipinski definition) is 0. The van der Waals surface area contributed by atoms with Crippen LogP contribution in [0.2, 0.25) is 0 Å². The van der Waals surface area contributed by atoms with Crippen molar-refractivity contribution in [1.82, 2.24) is 0 Å². The second-order valence-corrected chi connectivity index (χ2v) is 4.31. The molecule has 2 aliphatic rings. The predicted molar refractivity (Wildman–Crippen MR) is 51.5 cm³/mol. The van der Waals surface area contributed by atoms with Gasteiger partial charge in [0, 0.05) is 12.8 Å². The van der Waals surface area contributed by atoms with E-state index in [1.54, 1.807) is 0 Å². The maximum Gasteiger partial charge on any atom is 0.168 e. The molecule has 2 nitrogen and oxygen atoms in total. The molecule has 0 amide bonds. The summed E-state index contributed by atoms with van der Waals surface area (Å²) in [6.07, 6.45) is 8.87. The van der Waals surface area contributed by atoms with E-state index in [1.807, 2.05) is 0 Å². The molecule has 13 heavy (non-hydrogen) atoms. The second kappa shape index (κ2) is 3.97. The highest BCUT2D eigenvalue weighted by atomic mass is 16.7. The number of hydrogen-bond acceptors (Lipinski definition) is 2. The Morgan fingerprint density at radius 1 is 1.23 bits per heavy atom. The maximum absolute atomic E-state index is 6.01. The van der Waals surface area contributed by atoms with Crippen LogP contribution in [0.25, 0.3) is 0 Å². The van der Waals surface area contributed by atoms with Gasteiger partial charge >= 0.3 is 0 Å². The van der Waals surface area contributed by atoms with Crippen molar-refractivity contribution in [2.75, 3.05) is 6.61 Å². The van der Waals surface area contributed by atoms with Gasteiger partial charge in [0.05, 0.1) is 12.7 Å². The Hall–Kier alpha value is -0.0800. The van der Waals surface area contributed by atoms with Crippen LogP contribution in [0.4, 0.5) is 0 Å². The third kappa shape index (κ3) is 2.05. The van der Waals surface area contributed by atoms with Gasteiger partial charge in [-0.05, 0) is 19.3 Å². The highest BCUT2D eigenvalue weighted by Gasteiger charge is 2.41. The Morgan fingerprint density at radius 3 is 2.69 bits per heavy atom. The summed E-state index contributed by atoms with van der Waals surface area (Å²) in [6.45, 7) is 3.03. The summed E-state index contributed by atoms with van der Waals surface area (Å²) in [5.41, 5.74) is 0. The standard InChI is InChI=1S/C11H20O2/c1-2-6-10-9-12-11(13-10)7-4-3-5-8-11/h10H,2-9H2,1H3. The van der Waals surface area contributed by atoms with Crippen LogP contribution in [0, 0.1) is 0 Å². The zero-order valence-electron chi connectivity index (χ0n) is 8.55. The summed E-state index contributed by atoms with van der Waals surface area (Å²) in [4.78, 5) is 0. The highest BCUT2D eigenvalue weighted by molar-refractivity contribution is 4.82. The lowest BCUT2D eigenvalue weighted by atomic mass is 9.94. The molecule has 2 fully saturated rings. The zero-order chi connectivity index (χ0) is 9.15. The molecule has 0 aromatic carbocycles. The van der Waals surface area contributed by atoms with Crippen LogP contribution in [-0.2, 0) is 9.47 Å². The van der Waals surface area contributed by atoms with E-state index >= 15 is 0 Å². The SMILES string of the molecule is CCCC1COC2(CCCCC2)O1. The van der Waals surface area contributed by atoms with E-state index in [-0.39, 0.29) is 5.79 Å². The minimum atomic E-state index is -0.155. The van der Waals surface area contributed by atoms with Gasteiger partial charge in [-0.3, -0.25) is 0 Å². The fourth-order valence-electron chi connectivity index (χ4n) is 2.43. The van der Waals surface area contributed by atoms with Crippen LogP contribution in [-0.4, -0.2) is 18.5 Å². The average Bonchev–Trinajstić information content (AvgIpc) is 2.51. The van der Waals surface area contributed by atoms with Crippen molar-refractivity contribution in [1.29, 1.82) is 0 Å². The monoisotopic (exact) mass is 184 g/mol. The number of rotatable bonds is 2. The fraction of sp³-hybridized carbons (Fsp3) is 1.00. The van der Waals surface area contributed by atoms with Crippen LogP contribution in [0.1, 0.15) is 51.9 Å². The first-order valence-corrected chi connectivity index (χ1v) is 5.66. The lowest BCUT2D eigenvalue weighted by Gasteiger charge is -2.31. The molecule has 1 aliphatic carbocycles. The molecule has 0 N–H and O–H groups in total. The predicted octanol–water partition coefficient (Wildman–Crippen LogP) is 2.86. The second-order valence-electron chi connectivity index (χ2n) is 4.31. The van der Waals surface area contributed by atoms with Crippen molar-refractivity contribution in [3.8, 4) is 0 Å². The van der Waals surface area contributed by atoms with Gasteiger partial charge in [-0.1, -0.05) is 19.8 Å². The third-order valence-electron chi connectivity index (χ3n) is 3.14. The Labute approximate surface area is 80.6 Å². The quantitative estimate of drug-likeness (QED) is 0.657. The molecule has 1 atom stereocenters. The lowest BCUT2D eigenvalue weighted by Crippen LogP contribution is -2.33. The first-order valence-electron chi connectivity index (χ1n) is 5.66. The highest BCUT2D eigenvalue weighted by Crippen LogP contribution is 2.38. The van der Waals surface area contributed by atoms with Crippen molar-refractivity contribution in [3.05, 3.63) is 0 Å². The summed E-state index contributed by atoms with van der Waals surface area (Å²) in [6, 6.07) is 0. The molecule has 1 unspecified atom stereocenters. The average molecular weight is 184 g/mol. The minimum Gasteiger partial charge on any atom is -0.347 e. The Kier molecular flexibility index (Phi) is 2.89. The summed E-state index contributed by atoms with van der Waals surface area (Å²) >= 11 is 0. The van der Waals surface area contributed by atoms with Gasteiger partial charge in [-0.2, -0.15) is 0 Å². The Bertz CT molecular complexity index is 161. The minimum absolute atomic E-state index is 0.155. The van der Waals surface area contributed by atoms with Gasteiger partial charge in [0.2, 0.25) is 0 Å². The van der Waals surface area contributed by atoms with Gasteiger partial charge in [0.1, 0.15) is 0 Å². The van der Waals surface area contributed by atoms with E-state index in [1.165, 1.54) is 25.7 Å². The van der Waals surface area contributed by atoms with Crippen LogP contribution >= 0.6 is 0 Å². The molecule has 0 aromatic rings. The summed E-state index contributed by atoms with van der Waals surface area (Å²) < 4.78 is 11.8. The lowest BCUT2D eigenvalue weighted by molar-refractivity contribution is -0.187. The molecular weight excluding hydrogens is 164 g/mol. The smallest absolute Gasteiger partial charge is 0.168 e. The molecule has 1 saturated heterocycles. The summed E-state index contributed by atoms with van der Waals surface area (Å²) in [5, 5.41) is 0. The van der Waals surface area contributed by atoms with Gasteiger partial charge in [-0.15, -0.1) is 0 Å². The molecule has 1 saturated carbocycles. The van der Waals surface area contributed by atoms with E-state index in [4.69, 9.17) is 9.47 Å². The normalized spacial score (nSPS) is 32.5. The van der Waals surface area contributed by atoms with E-state index in [0.717, 1.165) is 25.9 Å². The molecule has 2 rings (SSSR count). The maximum atomic E-state index is 6.01. The van der Waals surface area contributed by atoms with E-state index < -0.39 is 0 Å². The van der Waals surface area contributed by atoms with Crippen molar-refractivity contribution >= 4 is 0 Å². The summed E-state index contributed by atoms with van der Waals surface area (Å²) in [7, 11) is 0. The molecular formula is C11H20O2. The Balaban J connectivity index is 1.87.